The van der Waals surface area contributed by atoms with Crippen molar-refractivity contribution in [3.05, 3.63) is 48.3 Å². The van der Waals surface area contributed by atoms with Gasteiger partial charge in [-0.05, 0) is 25.1 Å². The molecule has 0 unspecified atom stereocenters. The van der Waals surface area contributed by atoms with Crippen molar-refractivity contribution in [3.63, 3.8) is 0 Å². The van der Waals surface area contributed by atoms with Crippen LogP contribution in [-0.4, -0.2) is 21.1 Å². The molecule has 1 N–H and O–H groups in total. The molecule has 2 rings (SSSR count). The molecule has 0 atom stereocenters. The minimum atomic E-state index is 0.782. The quantitative estimate of drug-likeness (QED) is 0.770. The number of pyridine rings is 1. The van der Waals surface area contributed by atoms with Crippen LogP contribution in [0.25, 0.3) is 0 Å². The second-order valence-electron chi connectivity index (χ2n) is 4.01. The van der Waals surface area contributed by atoms with Crippen LogP contribution in [0.5, 0.6) is 0 Å². The smallest absolute Gasteiger partial charge is 0.0952 e. The van der Waals surface area contributed by atoms with E-state index < -0.39 is 0 Å². The molecule has 0 fully saturated rings. The van der Waals surface area contributed by atoms with E-state index in [9.17, 15) is 0 Å². The van der Waals surface area contributed by atoms with Crippen LogP contribution in [0, 0.1) is 0 Å². The Hall–Kier alpha value is -1.68. The van der Waals surface area contributed by atoms with Crippen LogP contribution in [0.2, 0.25) is 0 Å². The third-order valence-corrected chi connectivity index (χ3v) is 2.59. The van der Waals surface area contributed by atoms with Crippen LogP contribution in [0.3, 0.4) is 0 Å². The van der Waals surface area contributed by atoms with Gasteiger partial charge in [-0.2, -0.15) is 0 Å². The van der Waals surface area contributed by atoms with E-state index in [2.05, 4.69) is 26.8 Å². The van der Waals surface area contributed by atoms with Gasteiger partial charge in [-0.15, -0.1) is 0 Å². The average Bonchev–Trinajstić information content (AvgIpc) is 2.79. The second kappa shape index (κ2) is 6.15. The van der Waals surface area contributed by atoms with Gasteiger partial charge in [0.25, 0.3) is 0 Å². The lowest BCUT2D eigenvalue weighted by Crippen LogP contribution is -2.17. The molecule has 0 aliphatic heterocycles. The van der Waals surface area contributed by atoms with Crippen molar-refractivity contribution in [2.45, 2.75) is 26.4 Å². The van der Waals surface area contributed by atoms with Crippen LogP contribution in [0.15, 0.2) is 36.9 Å². The lowest BCUT2D eigenvalue weighted by molar-refractivity contribution is 0.626. The van der Waals surface area contributed by atoms with Gasteiger partial charge < -0.3 is 9.88 Å². The standard InChI is InChI=1S/C13H18N4/c1-2-6-14-8-13-9-15-11-17(13)10-12-5-3-4-7-16-12/h3-5,7,9,11,14H,2,6,8,10H2,1H3. The van der Waals surface area contributed by atoms with Crippen molar-refractivity contribution in [2.75, 3.05) is 6.54 Å². The highest BCUT2D eigenvalue weighted by Crippen LogP contribution is 2.03. The molecule has 2 aromatic heterocycles. The normalized spacial score (nSPS) is 10.6. The Morgan fingerprint density at radius 2 is 2.29 bits per heavy atom. The lowest BCUT2D eigenvalue weighted by Gasteiger charge is -2.08. The number of hydrogen-bond donors (Lipinski definition) is 1. The predicted molar refractivity (Wildman–Crippen MR) is 67.6 cm³/mol. The maximum Gasteiger partial charge on any atom is 0.0952 e. The number of aromatic nitrogens is 3. The number of imidazole rings is 1. The van der Waals surface area contributed by atoms with E-state index in [1.165, 1.54) is 5.69 Å². The van der Waals surface area contributed by atoms with Crippen molar-refractivity contribution in [1.82, 2.24) is 19.9 Å². The molecule has 0 radical (unpaired) electrons. The minimum absolute atomic E-state index is 0.782. The molecule has 0 aromatic carbocycles. The average molecular weight is 230 g/mol. The van der Waals surface area contributed by atoms with Gasteiger partial charge in [0.2, 0.25) is 0 Å². The SMILES string of the molecule is CCCNCc1cncn1Cc1ccccn1. The molecule has 4 heteroatoms. The summed E-state index contributed by atoms with van der Waals surface area (Å²) >= 11 is 0. The first-order valence-electron chi connectivity index (χ1n) is 5.99. The fourth-order valence-electron chi connectivity index (χ4n) is 1.70. The summed E-state index contributed by atoms with van der Waals surface area (Å²) in [6, 6.07) is 5.97. The van der Waals surface area contributed by atoms with Crippen molar-refractivity contribution >= 4 is 0 Å². The van der Waals surface area contributed by atoms with Gasteiger partial charge in [0.1, 0.15) is 0 Å². The zero-order valence-electron chi connectivity index (χ0n) is 10.1. The lowest BCUT2D eigenvalue weighted by atomic mass is 10.3. The first kappa shape index (κ1) is 11.8. The highest BCUT2D eigenvalue weighted by atomic mass is 15.1. The van der Waals surface area contributed by atoms with Crippen molar-refractivity contribution < 1.29 is 0 Å². The summed E-state index contributed by atoms with van der Waals surface area (Å²) in [7, 11) is 0. The number of hydrogen-bond acceptors (Lipinski definition) is 3. The minimum Gasteiger partial charge on any atom is -0.327 e. The van der Waals surface area contributed by atoms with Crippen molar-refractivity contribution in [1.29, 1.82) is 0 Å². The van der Waals surface area contributed by atoms with E-state index in [-0.39, 0.29) is 0 Å². The highest BCUT2D eigenvalue weighted by molar-refractivity contribution is 5.07. The molecule has 0 spiro atoms. The summed E-state index contributed by atoms with van der Waals surface area (Å²) in [5, 5.41) is 3.38. The maximum absolute atomic E-state index is 4.32. The Balaban J connectivity index is 1.99. The van der Waals surface area contributed by atoms with E-state index in [1.807, 2.05) is 36.9 Å². The fraction of sp³-hybridized carbons (Fsp3) is 0.385. The van der Waals surface area contributed by atoms with Crippen LogP contribution in [0.1, 0.15) is 24.7 Å². The van der Waals surface area contributed by atoms with Gasteiger partial charge in [-0.25, -0.2) is 4.98 Å². The Kier molecular flexibility index (Phi) is 4.27. The molecule has 17 heavy (non-hydrogen) atoms. The summed E-state index contributed by atoms with van der Waals surface area (Å²) in [4.78, 5) is 8.51. The zero-order valence-corrected chi connectivity index (χ0v) is 10.1. The van der Waals surface area contributed by atoms with Crippen LogP contribution in [-0.2, 0) is 13.1 Å². The van der Waals surface area contributed by atoms with E-state index in [0.29, 0.717) is 0 Å². The topological polar surface area (TPSA) is 42.7 Å². The summed E-state index contributed by atoms with van der Waals surface area (Å²) in [5.41, 5.74) is 2.26. The second-order valence-corrected chi connectivity index (χ2v) is 4.01. The molecule has 0 aliphatic carbocycles. The van der Waals surface area contributed by atoms with Gasteiger partial charge in [0.05, 0.1) is 24.3 Å². The Morgan fingerprint density at radius 3 is 3.06 bits per heavy atom. The van der Waals surface area contributed by atoms with Gasteiger partial charge in [0.15, 0.2) is 0 Å². The number of nitrogens with zero attached hydrogens (tertiary/aromatic N) is 3. The number of rotatable bonds is 6. The molecule has 0 saturated carbocycles. The molecular weight excluding hydrogens is 212 g/mol. The Labute approximate surface area is 102 Å². The highest BCUT2D eigenvalue weighted by Gasteiger charge is 2.02. The van der Waals surface area contributed by atoms with Gasteiger partial charge >= 0.3 is 0 Å². The van der Waals surface area contributed by atoms with E-state index in [0.717, 1.165) is 31.7 Å². The maximum atomic E-state index is 4.32. The van der Waals surface area contributed by atoms with Gasteiger partial charge in [-0.1, -0.05) is 13.0 Å². The van der Waals surface area contributed by atoms with Gasteiger partial charge in [-0.3, -0.25) is 4.98 Å². The summed E-state index contributed by atoms with van der Waals surface area (Å²) in [5.74, 6) is 0. The first-order valence-corrected chi connectivity index (χ1v) is 5.99. The largest absolute Gasteiger partial charge is 0.327 e. The Bertz CT molecular complexity index is 436. The van der Waals surface area contributed by atoms with E-state index in [1.54, 1.807) is 0 Å². The predicted octanol–water partition coefficient (Wildman–Crippen LogP) is 1.83. The molecule has 2 heterocycles. The number of nitrogens with one attached hydrogen (secondary N) is 1. The molecule has 0 aliphatic rings. The van der Waals surface area contributed by atoms with Crippen LogP contribution < -0.4 is 5.32 Å². The van der Waals surface area contributed by atoms with Crippen molar-refractivity contribution in [2.24, 2.45) is 0 Å². The molecule has 2 aromatic rings. The molecule has 0 bridgehead atoms. The van der Waals surface area contributed by atoms with Crippen molar-refractivity contribution in [3.8, 4) is 0 Å². The van der Waals surface area contributed by atoms with Crippen LogP contribution >= 0.6 is 0 Å². The van der Waals surface area contributed by atoms with E-state index in [4.69, 9.17) is 0 Å². The van der Waals surface area contributed by atoms with E-state index >= 15 is 0 Å². The third kappa shape index (κ3) is 3.39. The molecule has 0 amide bonds. The van der Waals surface area contributed by atoms with Crippen LogP contribution in [0.4, 0.5) is 0 Å². The first-order chi connectivity index (χ1) is 8.40. The monoisotopic (exact) mass is 230 g/mol. The summed E-state index contributed by atoms with van der Waals surface area (Å²) in [6.07, 6.45) is 6.74. The Morgan fingerprint density at radius 1 is 1.35 bits per heavy atom. The molecule has 90 valence electrons. The third-order valence-electron chi connectivity index (χ3n) is 2.59. The molecular formula is C13H18N4. The van der Waals surface area contributed by atoms with Gasteiger partial charge in [0, 0.05) is 18.9 Å². The molecule has 0 saturated heterocycles. The summed E-state index contributed by atoms with van der Waals surface area (Å²) < 4.78 is 2.13. The summed E-state index contributed by atoms with van der Waals surface area (Å²) in [6.45, 7) is 4.84. The molecule has 4 nitrogen and oxygen atoms in total. The zero-order chi connectivity index (χ0) is 11.9. The fourth-order valence-corrected chi connectivity index (χ4v) is 1.70.